The molecule has 0 amide bonds. The molecule has 0 saturated heterocycles. The highest BCUT2D eigenvalue weighted by Gasteiger charge is 1.99. The molecule has 20 heavy (non-hydrogen) atoms. The second kappa shape index (κ2) is 7.09. The van der Waals surface area contributed by atoms with Crippen molar-refractivity contribution in [1.29, 1.82) is 0 Å². The van der Waals surface area contributed by atoms with Crippen LogP contribution < -0.4 is 0 Å². The Hall–Kier alpha value is -2.62. The quantitative estimate of drug-likeness (QED) is 0.362. The molecule has 0 bridgehead atoms. The first kappa shape index (κ1) is 13.8. The van der Waals surface area contributed by atoms with E-state index in [9.17, 15) is 10.4 Å². The number of rotatable bonds is 5. The van der Waals surface area contributed by atoms with Crippen LogP contribution in [0.3, 0.4) is 0 Å². The Morgan fingerprint density at radius 1 is 0.650 bits per heavy atom. The second-order valence-corrected chi connectivity index (χ2v) is 4.42. The molecular weight excluding hydrogens is 252 g/mol. The summed E-state index contributed by atoms with van der Waals surface area (Å²) < 4.78 is 1.48. The van der Waals surface area contributed by atoms with E-state index in [0.29, 0.717) is 0 Å². The largest absolute Gasteiger partial charge is 0.623 e. The highest BCUT2D eigenvalue weighted by molar-refractivity contribution is 6.10. The van der Waals surface area contributed by atoms with Crippen molar-refractivity contribution < 1.29 is 9.48 Å². The fourth-order valence-electron chi connectivity index (χ4n) is 1.78. The monoisotopic (exact) mass is 268 g/mol. The van der Waals surface area contributed by atoms with Crippen molar-refractivity contribution in [2.24, 2.45) is 0 Å². The van der Waals surface area contributed by atoms with Crippen LogP contribution in [0.4, 0.5) is 0 Å². The predicted octanol–water partition coefficient (Wildman–Crippen LogP) is 2.55. The molecule has 2 rings (SSSR count). The Kier molecular flexibility index (Phi) is 4.89. The van der Waals surface area contributed by atoms with Gasteiger partial charge in [0.1, 0.15) is 0 Å². The lowest BCUT2D eigenvalue weighted by atomic mass is 10.2. The van der Waals surface area contributed by atoms with Crippen LogP contribution in [0.1, 0.15) is 11.1 Å². The van der Waals surface area contributed by atoms with Gasteiger partial charge in [0, 0.05) is 11.1 Å². The van der Waals surface area contributed by atoms with Crippen molar-refractivity contribution in [2.45, 2.75) is 13.1 Å². The van der Waals surface area contributed by atoms with E-state index in [-0.39, 0.29) is 13.1 Å². The molecule has 0 N–H and O–H groups in total. The van der Waals surface area contributed by atoms with Gasteiger partial charge in [0.2, 0.25) is 12.4 Å². The first-order valence-corrected chi connectivity index (χ1v) is 6.38. The molecule has 4 nitrogen and oxygen atoms in total. The lowest BCUT2D eigenvalue weighted by Gasteiger charge is -2.04. The SMILES string of the molecule is [O-]/[N+](=C\C=[N+](\[O-])Cc1ccccc1)Cc1ccccc1. The first-order valence-electron chi connectivity index (χ1n) is 6.38. The van der Waals surface area contributed by atoms with Gasteiger partial charge in [0.05, 0.1) is 0 Å². The average molecular weight is 268 g/mol. The molecule has 2 aromatic rings. The third-order valence-electron chi connectivity index (χ3n) is 2.76. The molecule has 0 heterocycles. The number of hydrogen-bond donors (Lipinski definition) is 0. The predicted molar refractivity (Wildman–Crippen MR) is 79.7 cm³/mol. The average Bonchev–Trinajstić information content (AvgIpc) is 2.47. The van der Waals surface area contributed by atoms with E-state index in [1.807, 2.05) is 60.7 Å². The van der Waals surface area contributed by atoms with Crippen LogP contribution in [-0.2, 0) is 13.1 Å². The van der Waals surface area contributed by atoms with Crippen LogP contribution in [0.5, 0.6) is 0 Å². The maximum absolute atomic E-state index is 11.6. The van der Waals surface area contributed by atoms with Gasteiger partial charge >= 0.3 is 0 Å². The smallest absolute Gasteiger partial charge is 0.240 e. The summed E-state index contributed by atoms with van der Waals surface area (Å²) in [5, 5.41) is 23.3. The zero-order chi connectivity index (χ0) is 14.2. The maximum Gasteiger partial charge on any atom is 0.240 e. The molecule has 0 aliphatic heterocycles. The summed E-state index contributed by atoms with van der Waals surface area (Å²) in [4.78, 5) is 0. The fraction of sp³-hybridized carbons (Fsp3) is 0.125. The summed E-state index contributed by atoms with van der Waals surface area (Å²) >= 11 is 0. The summed E-state index contributed by atoms with van der Waals surface area (Å²) in [6.45, 7) is 0.465. The summed E-state index contributed by atoms with van der Waals surface area (Å²) in [7, 11) is 0. The van der Waals surface area contributed by atoms with Crippen molar-refractivity contribution >= 4 is 12.4 Å². The minimum atomic E-state index is 0.233. The van der Waals surface area contributed by atoms with Gasteiger partial charge in [-0.1, -0.05) is 60.7 Å². The molecule has 2 aromatic carbocycles. The van der Waals surface area contributed by atoms with Gasteiger partial charge < -0.3 is 10.4 Å². The standard InChI is InChI=1S/C16H16N2O2/c19-17(13-15-7-3-1-4-8-15)11-12-18(20)14-16-9-5-2-6-10-16/h1-12H,13-14H2/b17-11-,18-12+. The van der Waals surface area contributed by atoms with Crippen LogP contribution in [0, 0.1) is 10.4 Å². The summed E-state index contributed by atoms with van der Waals surface area (Å²) in [5.41, 5.74) is 1.82. The van der Waals surface area contributed by atoms with Gasteiger partial charge in [-0.25, -0.2) is 9.48 Å². The Morgan fingerprint density at radius 3 is 1.35 bits per heavy atom. The number of benzene rings is 2. The molecule has 0 saturated carbocycles. The van der Waals surface area contributed by atoms with Crippen LogP contribution in [0.25, 0.3) is 0 Å². The van der Waals surface area contributed by atoms with Crippen molar-refractivity contribution in [1.82, 2.24) is 0 Å². The van der Waals surface area contributed by atoms with Crippen molar-refractivity contribution in [2.75, 3.05) is 0 Å². The van der Waals surface area contributed by atoms with E-state index < -0.39 is 0 Å². The molecule has 0 aliphatic carbocycles. The molecular formula is C16H16N2O2. The molecule has 0 unspecified atom stereocenters. The van der Waals surface area contributed by atoms with E-state index >= 15 is 0 Å². The Morgan fingerprint density at radius 2 is 1.00 bits per heavy atom. The zero-order valence-corrected chi connectivity index (χ0v) is 11.1. The third kappa shape index (κ3) is 4.57. The van der Waals surface area contributed by atoms with Gasteiger partial charge in [-0.15, -0.1) is 0 Å². The number of nitrogens with zero attached hydrogens (tertiary/aromatic N) is 2. The molecule has 0 spiro atoms. The van der Waals surface area contributed by atoms with Crippen LogP contribution in [-0.4, -0.2) is 21.9 Å². The van der Waals surface area contributed by atoms with E-state index in [1.54, 1.807) is 0 Å². The van der Waals surface area contributed by atoms with Crippen molar-refractivity contribution in [3.8, 4) is 0 Å². The topological polar surface area (TPSA) is 52.1 Å². The first-order chi connectivity index (χ1) is 9.74. The molecule has 0 atom stereocenters. The highest BCUT2D eigenvalue weighted by Crippen LogP contribution is 2.00. The van der Waals surface area contributed by atoms with Crippen LogP contribution >= 0.6 is 0 Å². The Bertz CT molecular complexity index is 537. The summed E-state index contributed by atoms with van der Waals surface area (Å²) in [6, 6.07) is 18.8. The minimum absolute atomic E-state index is 0.233. The fourth-order valence-corrected chi connectivity index (χ4v) is 1.78. The van der Waals surface area contributed by atoms with Crippen LogP contribution in [0.2, 0.25) is 0 Å². The number of hydroxylamine groups is 2. The molecule has 0 radical (unpaired) electrons. The lowest BCUT2D eigenvalue weighted by molar-refractivity contribution is -0.482. The van der Waals surface area contributed by atoms with E-state index in [2.05, 4.69) is 0 Å². The van der Waals surface area contributed by atoms with Gasteiger partial charge in [-0.05, 0) is 0 Å². The lowest BCUT2D eigenvalue weighted by Crippen LogP contribution is -2.11. The minimum Gasteiger partial charge on any atom is -0.623 e. The molecule has 0 fully saturated rings. The highest BCUT2D eigenvalue weighted by atomic mass is 16.5. The van der Waals surface area contributed by atoms with Gasteiger partial charge in [-0.3, -0.25) is 0 Å². The third-order valence-corrected chi connectivity index (χ3v) is 2.76. The zero-order valence-electron chi connectivity index (χ0n) is 11.1. The number of hydrogen-bond acceptors (Lipinski definition) is 2. The molecule has 4 heteroatoms. The second-order valence-electron chi connectivity index (χ2n) is 4.42. The normalized spacial score (nSPS) is 12.4. The van der Waals surface area contributed by atoms with Crippen LogP contribution in [0.15, 0.2) is 60.7 Å². The van der Waals surface area contributed by atoms with E-state index in [0.717, 1.165) is 20.6 Å². The van der Waals surface area contributed by atoms with Gasteiger partial charge in [-0.2, -0.15) is 0 Å². The van der Waals surface area contributed by atoms with Crippen molar-refractivity contribution in [3.63, 3.8) is 0 Å². The molecule has 0 aliphatic rings. The Labute approximate surface area is 118 Å². The summed E-state index contributed by atoms with van der Waals surface area (Å²) in [6.07, 6.45) is 2.51. The molecule has 102 valence electrons. The maximum atomic E-state index is 11.6. The van der Waals surface area contributed by atoms with E-state index in [4.69, 9.17) is 0 Å². The van der Waals surface area contributed by atoms with E-state index in [1.165, 1.54) is 12.4 Å². The summed E-state index contributed by atoms with van der Waals surface area (Å²) in [5.74, 6) is 0. The molecule has 0 aromatic heterocycles. The van der Waals surface area contributed by atoms with Gasteiger partial charge in [0.15, 0.2) is 13.1 Å². The van der Waals surface area contributed by atoms with Crippen molar-refractivity contribution in [3.05, 3.63) is 82.2 Å². The Balaban J connectivity index is 1.94. The van der Waals surface area contributed by atoms with Gasteiger partial charge in [0.25, 0.3) is 0 Å².